The van der Waals surface area contributed by atoms with Gasteiger partial charge in [-0.2, -0.15) is 0 Å². The van der Waals surface area contributed by atoms with Gasteiger partial charge in [0.1, 0.15) is 0 Å². The highest BCUT2D eigenvalue weighted by Gasteiger charge is 2.25. The summed E-state index contributed by atoms with van der Waals surface area (Å²) in [5.41, 5.74) is 0.605. The highest BCUT2D eigenvalue weighted by molar-refractivity contribution is 4.90. The Labute approximate surface area is 71.4 Å². The molecule has 11 heavy (non-hydrogen) atoms. The van der Waals surface area contributed by atoms with Crippen LogP contribution in [0.15, 0.2) is 0 Å². The molecule has 0 heterocycles. The lowest BCUT2D eigenvalue weighted by atomic mass is 9.73. The molecule has 1 aliphatic rings. The third kappa shape index (κ3) is 2.84. The topological polar surface area (TPSA) is 0 Å². The summed E-state index contributed by atoms with van der Waals surface area (Å²) < 4.78 is 0. The maximum Gasteiger partial charge on any atom is -0.0295 e. The lowest BCUT2D eigenvalue weighted by Gasteiger charge is -2.33. The zero-order chi connectivity index (χ0) is 8.16. The summed E-state index contributed by atoms with van der Waals surface area (Å²) in [5.74, 6) is 0. The van der Waals surface area contributed by atoms with Crippen molar-refractivity contribution < 1.29 is 0 Å². The third-order valence-corrected chi connectivity index (χ3v) is 2.92. The van der Waals surface area contributed by atoms with Gasteiger partial charge in [-0.25, -0.2) is 0 Å². The summed E-state index contributed by atoms with van der Waals surface area (Å²) in [4.78, 5) is 0. The number of rotatable bonds is 3. The van der Waals surface area contributed by atoms with E-state index >= 15 is 0 Å². The van der Waals surface area contributed by atoms with Gasteiger partial charge in [0.2, 0.25) is 0 Å². The Kier molecular flexibility index (Phi) is 3.42. The van der Waals surface area contributed by atoms with Crippen LogP contribution in [0.2, 0.25) is 0 Å². The standard InChI is InChI=1S/C11H21/c1-3-4-8-11(2)9-6-5-7-10-11/h8H,3-7,9-10H2,1-2H3. The van der Waals surface area contributed by atoms with Gasteiger partial charge in [0.15, 0.2) is 0 Å². The monoisotopic (exact) mass is 153 g/mol. The average molecular weight is 153 g/mol. The molecule has 1 rings (SSSR count). The Bertz CT molecular complexity index is 98.6. The molecule has 0 aromatic heterocycles. The Morgan fingerprint density at radius 2 is 1.82 bits per heavy atom. The lowest BCUT2D eigenvalue weighted by molar-refractivity contribution is 0.254. The first-order valence-electron chi connectivity index (χ1n) is 5.11. The summed E-state index contributed by atoms with van der Waals surface area (Å²) in [5, 5.41) is 0. The van der Waals surface area contributed by atoms with E-state index in [2.05, 4.69) is 20.3 Å². The van der Waals surface area contributed by atoms with Crippen LogP contribution in [-0.4, -0.2) is 0 Å². The van der Waals surface area contributed by atoms with Gasteiger partial charge in [0.05, 0.1) is 0 Å². The molecule has 1 aliphatic carbocycles. The summed E-state index contributed by atoms with van der Waals surface area (Å²) in [6.07, 6.45) is 12.4. The van der Waals surface area contributed by atoms with Crippen LogP contribution in [0.3, 0.4) is 0 Å². The smallest absolute Gasteiger partial charge is 0.0295 e. The lowest BCUT2D eigenvalue weighted by Crippen LogP contribution is -2.20. The first-order chi connectivity index (χ1) is 5.27. The Balaban J connectivity index is 2.25. The zero-order valence-corrected chi connectivity index (χ0v) is 8.03. The molecule has 0 heteroatoms. The van der Waals surface area contributed by atoms with Gasteiger partial charge >= 0.3 is 0 Å². The first kappa shape index (κ1) is 9.09. The molecule has 0 N–H and O–H groups in total. The van der Waals surface area contributed by atoms with Crippen molar-refractivity contribution in [2.45, 2.75) is 58.8 Å². The van der Waals surface area contributed by atoms with E-state index in [9.17, 15) is 0 Å². The van der Waals surface area contributed by atoms with E-state index in [1.54, 1.807) is 0 Å². The second-order valence-electron chi connectivity index (χ2n) is 4.21. The van der Waals surface area contributed by atoms with Gasteiger partial charge in [-0.3, -0.25) is 0 Å². The summed E-state index contributed by atoms with van der Waals surface area (Å²) in [7, 11) is 0. The zero-order valence-electron chi connectivity index (χ0n) is 8.03. The molecule has 0 aliphatic heterocycles. The Morgan fingerprint density at radius 1 is 1.18 bits per heavy atom. The van der Waals surface area contributed by atoms with E-state index in [1.807, 2.05) is 0 Å². The number of hydrogen-bond acceptors (Lipinski definition) is 0. The maximum atomic E-state index is 2.56. The third-order valence-electron chi connectivity index (χ3n) is 2.92. The van der Waals surface area contributed by atoms with Crippen LogP contribution in [-0.2, 0) is 0 Å². The van der Waals surface area contributed by atoms with Crippen molar-refractivity contribution in [1.82, 2.24) is 0 Å². The van der Waals surface area contributed by atoms with Crippen molar-refractivity contribution in [3.05, 3.63) is 6.42 Å². The van der Waals surface area contributed by atoms with E-state index < -0.39 is 0 Å². The predicted molar refractivity (Wildman–Crippen MR) is 50.4 cm³/mol. The molecule has 0 nitrogen and oxygen atoms in total. The van der Waals surface area contributed by atoms with Gasteiger partial charge < -0.3 is 0 Å². The quantitative estimate of drug-likeness (QED) is 0.575. The molecule has 65 valence electrons. The van der Waals surface area contributed by atoms with Crippen molar-refractivity contribution in [2.24, 2.45) is 5.41 Å². The molecule has 1 saturated carbocycles. The van der Waals surface area contributed by atoms with Gasteiger partial charge in [0.25, 0.3) is 0 Å². The highest BCUT2D eigenvalue weighted by atomic mass is 14.3. The molecule has 1 fully saturated rings. The molecule has 0 atom stereocenters. The first-order valence-corrected chi connectivity index (χ1v) is 5.11. The van der Waals surface area contributed by atoms with E-state index in [-0.39, 0.29) is 0 Å². The second kappa shape index (κ2) is 4.13. The minimum absolute atomic E-state index is 0.605. The van der Waals surface area contributed by atoms with Crippen molar-refractivity contribution >= 4 is 0 Å². The SMILES string of the molecule is CCC[CH]C1(C)CCCCC1. The molecule has 0 bridgehead atoms. The van der Waals surface area contributed by atoms with Crippen LogP contribution in [0.4, 0.5) is 0 Å². The fourth-order valence-electron chi connectivity index (χ4n) is 2.06. The fourth-order valence-corrected chi connectivity index (χ4v) is 2.06. The maximum absolute atomic E-state index is 2.56. The van der Waals surface area contributed by atoms with Crippen LogP contribution in [0, 0.1) is 11.8 Å². The number of unbranched alkanes of at least 4 members (excludes halogenated alkanes) is 1. The van der Waals surface area contributed by atoms with Crippen molar-refractivity contribution in [3.63, 3.8) is 0 Å². The van der Waals surface area contributed by atoms with Crippen LogP contribution >= 0.6 is 0 Å². The van der Waals surface area contributed by atoms with E-state index in [0.717, 1.165) is 0 Å². The normalized spacial score (nSPS) is 23.5. The van der Waals surface area contributed by atoms with E-state index in [1.165, 1.54) is 44.9 Å². The van der Waals surface area contributed by atoms with Crippen molar-refractivity contribution in [1.29, 1.82) is 0 Å². The summed E-state index contributed by atoms with van der Waals surface area (Å²) >= 11 is 0. The van der Waals surface area contributed by atoms with Crippen LogP contribution in [0.25, 0.3) is 0 Å². The van der Waals surface area contributed by atoms with Gasteiger partial charge in [0, 0.05) is 0 Å². The minimum Gasteiger partial charge on any atom is -0.0654 e. The average Bonchev–Trinajstić information content (AvgIpc) is 2.03. The molecule has 0 unspecified atom stereocenters. The molecule has 0 aromatic rings. The molecular formula is C11H21. The fraction of sp³-hybridized carbons (Fsp3) is 0.909. The molecular weight excluding hydrogens is 132 g/mol. The number of hydrogen-bond donors (Lipinski definition) is 0. The molecule has 0 spiro atoms. The Hall–Kier alpha value is 0. The van der Waals surface area contributed by atoms with Gasteiger partial charge in [-0.15, -0.1) is 0 Å². The van der Waals surface area contributed by atoms with Crippen molar-refractivity contribution in [2.75, 3.05) is 0 Å². The predicted octanol–water partition coefficient (Wildman–Crippen LogP) is 3.96. The van der Waals surface area contributed by atoms with Crippen LogP contribution in [0.1, 0.15) is 58.8 Å². The molecule has 1 radical (unpaired) electrons. The summed E-state index contributed by atoms with van der Waals surface area (Å²) in [6, 6.07) is 0. The molecule has 0 saturated heterocycles. The van der Waals surface area contributed by atoms with Gasteiger partial charge in [-0.1, -0.05) is 39.5 Å². The minimum atomic E-state index is 0.605. The Morgan fingerprint density at radius 3 is 2.36 bits per heavy atom. The van der Waals surface area contributed by atoms with Crippen molar-refractivity contribution in [3.8, 4) is 0 Å². The molecule has 0 amide bonds. The van der Waals surface area contributed by atoms with E-state index in [0.29, 0.717) is 5.41 Å². The van der Waals surface area contributed by atoms with Crippen LogP contribution in [0.5, 0.6) is 0 Å². The van der Waals surface area contributed by atoms with Gasteiger partial charge in [-0.05, 0) is 31.1 Å². The second-order valence-corrected chi connectivity index (χ2v) is 4.21. The highest BCUT2D eigenvalue weighted by Crippen LogP contribution is 2.38. The largest absolute Gasteiger partial charge is 0.0654 e. The summed E-state index contributed by atoms with van der Waals surface area (Å²) in [6.45, 7) is 4.70. The van der Waals surface area contributed by atoms with E-state index in [4.69, 9.17) is 0 Å². The molecule has 0 aromatic carbocycles. The van der Waals surface area contributed by atoms with Crippen LogP contribution < -0.4 is 0 Å².